The number of phenolic OH excluding ortho intramolecular Hbond substituents is 1. The lowest BCUT2D eigenvalue weighted by Gasteiger charge is -2.23. The molecule has 1 aromatic carbocycles. The molecule has 23 heavy (non-hydrogen) atoms. The van der Waals surface area contributed by atoms with Crippen LogP contribution in [0.3, 0.4) is 0 Å². The number of likely N-dealkylation sites (N-methyl/N-ethyl adjacent to an activating group) is 1. The Morgan fingerprint density at radius 3 is 3.09 bits per heavy atom. The van der Waals surface area contributed by atoms with E-state index in [-0.39, 0.29) is 23.8 Å². The van der Waals surface area contributed by atoms with Gasteiger partial charge in [0, 0.05) is 37.0 Å². The molecule has 1 aliphatic rings. The van der Waals surface area contributed by atoms with Gasteiger partial charge in [-0.3, -0.25) is 4.79 Å². The zero-order valence-corrected chi connectivity index (χ0v) is 13.3. The van der Waals surface area contributed by atoms with Gasteiger partial charge in [0.05, 0.1) is 12.1 Å². The first-order valence-electron chi connectivity index (χ1n) is 7.63. The molecule has 1 amide bonds. The van der Waals surface area contributed by atoms with Crippen molar-refractivity contribution in [3.63, 3.8) is 0 Å². The Balaban J connectivity index is 1.69. The Labute approximate surface area is 135 Å². The average molecular weight is 312 g/mol. The van der Waals surface area contributed by atoms with Gasteiger partial charge >= 0.3 is 0 Å². The predicted molar refractivity (Wildman–Crippen MR) is 86.1 cm³/mol. The second-order valence-corrected chi connectivity index (χ2v) is 5.95. The van der Waals surface area contributed by atoms with Crippen molar-refractivity contribution in [3.05, 3.63) is 52.6 Å². The molecule has 6 nitrogen and oxygen atoms in total. The van der Waals surface area contributed by atoms with Gasteiger partial charge in [-0.1, -0.05) is 11.6 Å². The highest BCUT2D eigenvalue weighted by Crippen LogP contribution is 2.18. The summed E-state index contributed by atoms with van der Waals surface area (Å²) in [4.78, 5) is 23.3. The summed E-state index contributed by atoms with van der Waals surface area (Å²) in [6.45, 7) is 3.96. The normalized spacial score (nSPS) is 14.3. The maximum atomic E-state index is 12.2. The van der Waals surface area contributed by atoms with E-state index < -0.39 is 0 Å². The number of aromatic hydroxyl groups is 1. The minimum absolute atomic E-state index is 0.0255. The number of nitrogens with one attached hydrogen (secondary N) is 1. The van der Waals surface area contributed by atoms with Gasteiger partial charge < -0.3 is 15.3 Å². The number of aromatic nitrogens is 2. The molecular formula is C17H20N4O2. The summed E-state index contributed by atoms with van der Waals surface area (Å²) in [6, 6.07) is 4.94. The lowest BCUT2D eigenvalue weighted by molar-refractivity contribution is 0.0947. The van der Waals surface area contributed by atoms with E-state index in [9.17, 15) is 9.90 Å². The van der Waals surface area contributed by atoms with Crippen molar-refractivity contribution in [1.82, 2.24) is 20.2 Å². The van der Waals surface area contributed by atoms with Crippen LogP contribution in [0.5, 0.6) is 5.75 Å². The van der Waals surface area contributed by atoms with Crippen molar-refractivity contribution in [2.24, 2.45) is 0 Å². The molecule has 1 aromatic heterocycles. The minimum atomic E-state index is -0.327. The van der Waals surface area contributed by atoms with Crippen molar-refractivity contribution < 1.29 is 9.90 Å². The highest BCUT2D eigenvalue weighted by molar-refractivity contribution is 5.96. The van der Waals surface area contributed by atoms with Crippen LogP contribution in [0.25, 0.3) is 0 Å². The molecule has 0 unspecified atom stereocenters. The third-order valence-corrected chi connectivity index (χ3v) is 3.98. The van der Waals surface area contributed by atoms with E-state index in [2.05, 4.69) is 27.2 Å². The Morgan fingerprint density at radius 2 is 2.26 bits per heavy atom. The van der Waals surface area contributed by atoms with E-state index in [4.69, 9.17) is 0 Å². The summed E-state index contributed by atoms with van der Waals surface area (Å²) in [6.07, 6.45) is 2.73. The van der Waals surface area contributed by atoms with E-state index in [1.165, 1.54) is 6.07 Å². The van der Waals surface area contributed by atoms with Crippen LogP contribution in [0.4, 0.5) is 0 Å². The average Bonchev–Trinajstić information content (AvgIpc) is 2.54. The molecule has 2 aromatic rings. The highest BCUT2D eigenvalue weighted by Gasteiger charge is 2.16. The Kier molecular flexibility index (Phi) is 4.25. The van der Waals surface area contributed by atoms with Crippen LogP contribution in [0, 0.1) is 6.92 Å². The van der Waals surface area contributed by atoms with Crippen LogP contribution in [-0.2, 0) is 19.5 Å². The third-order valence-electron chi connectivity index (χ3n) is 3.98. The van der Waals surface area contributed by atoms with Gasteiger partial charge in [0.25, 0.3) is 5.91 Å². The summed E-state index contributed by atoms with van der Waals surface area (Å²) in [7, 11) is 2.07. The molecule has 0 bridgehead atoms. The largest absolute Gasteiger partial charge is 0.507 e. The fraction of sp³-hybridized carbons (Fsp3) is 0.353. The van der Waals surface area contributed by atoms with Crippen LogP contribution in [0.15, 0.2) is 24.4 Å². The van der Waals surface area contributed by atoms with Crippen molar-refractivity contribution in [3.8, 4) is 5.75 Å². The van der Waals surface area contributed by atoms with Gasteiger partial charge in [-0.05, 0) is 26.1 Å². The quantitative estimate of drug-likeness (QED) is 0.896. The number of phenols is 1. The van der Waals surface area contributed by atoms with E-state index in [1.807, 2.05) is 13.1 Å². The summed E-state index contributed by atoms with van der Waals surface area (Å²) >= 11 is 0. The molecule has 0 saturated carbocycles. The summed E-state index contributed by atoms with van der Waals surface area (Å²) in [5.41, 5.74) is 3.39. The number of benzene rings is 1. The maximum Gasteiger partial charge on any atom is 0.255 e. The fourth-order valence-corrected chi connectivity index (χ4v) is 2.67. The number of nitrogens with zero attached hydrogens (tertiary/aromatic N) is 3. The van der Waals surface area contributed by atoms with Gasteiger partial charge in [0.15, 0.2) is 0 Å². The third kappa shape index (κ3) is 3.48. The summed E-state index contributed by atoms with van der Waals surface area (Å²) < 4.78 is 0. The number of carbonyl (C=O) groups excluding carboxylic acids is 1. The highest BCUT2D eigenvalue weighted by atomic mass is 16.3. The molecule has 2 heterocycles. The van der Waals surface area contributed by atoms with Crippen molar-refractivity contribution >= 4 is 5.91 Å². The maximum absolute atomic E-state index is 12.2. The van der Waals surface area contributed by atoms with E-state index in [0.717, 1.165) is 36.3 Å². The Hall–Kier alpha value is -2.47. The number of fused-ring (bicyclic) bond motifs is 1. The molecule has 0 aliphatic carbocycles. The molecule has 0 saturated heterocycles. The topological polar surface area (TPSA) is 78.3 Å². The molecule has 0 radical (unpaired) electrons. The van der Waals surface area contributed by atoms with E-state index >= 15 is 0 Å². The van der Waals surface area contributed by atoms with Gasteiger partial charge in [-0.15, -0.1) is 0 Å². The standard InChI is InChI=1S/C17H20N4O2/c1-11-3-4-15(22)13(7-11)17(23)19-9-16-18-8-12-10-21(2)6-5-14(12)20-16/h3-4,7-8,22H,5-6,9-10H2,1-2H3,(H,19,23). The summed E-state index contributed by atoms with van der Waals surface area (Å²) in [5, 5.41) is 12.6. The molecule has 1 aliphatic heterocycles. The number of hydrogen-bond acceptors (Lipinski definition) is 5. The van der Waals surface area contributed by atoms with E-state index in [1.54, 1.807) is 12.1 Å². The minimum Gasteiger partial charge on any atom is -0.507 e. The molecule has 0 fully saturated rings. The lowest BCUT2D eigenvalue weighted by Crippen LogP contribution is -2.29. The smallest absolute Gasteiger partial charge is 0.255 e. The molecular weight excluding hydrogens is 292 g/mol. The number of rotatable bonds is 3. The molecule has 0 atom stereocenters. The Morgan fingerprint density at radius 1 is 1.43 bits per heavy atom. The van der Waals surface area contributed by atoms with Crippen LogP contribution in [0.1, 0.15) is 33.0 Å². The van der Waals surface area contributed by atoms with Crippen LogP contribution in [-0.4, -0.2) is 39.5 Å². The van der Waals surface area contributed by atoms with Crippen LogP contribution in [0.2, 0.25) is 0 Å². The second kappa shape index (κ2) is 6.34. The molecule has 2 N–H and O–H groups in total. The van der Waals surface area contributed by atoms with Crippen molar-refractivity contribution in [2.45, 2.75) is 26.4 Å². The predicted octanol–water partition coefficient (Wildman–Crippen LogP) is 1.41. The first-order valence-corrected chi connectivity index (χ1v) is 7.63. The van der Waals surface area contributed by atoms with Gasteiger partial charge in [0.2, 0.25) is 0 Å². The van der Waals surface area contributed by atoms with Crippen molar-refractivity contribution in [1.29, 1.82) is 0 Å². The van der Waals surface area contributed by atoms with E-state index in [0.29, 0.717) is 5.82 Å². The fourth-order valence-electron chi connectivity index (χ4n) is 2.67. The van der Waals surface area contributed by atoms with Crippen LogP contribution >= 0.6 is 0 Å². The Bertz CT molecular complexity index is 745. The van der Waals surface area contributed by atoms with Crippen molar-refractivity contribution in [2.75, 3.05) is 13.6 Å². The first kappa shape index (κ1) is 15.4. The number of aryl methyl sites for hydroxylation is 1. The van der Waals surface area contributed by atoms with Gasteiger partial charge in [-0.25, -0.2) is 9.97 Å². The summed E-state index contributed by atoms with van der Waals surface area (Å²) in [5.74, 6) is 0.239. The first-order chi connectivity index (χ1) is 11.0. The lowest BCUT2D eigenvalue weighted by atomic mass is 10.1. The monoisotopic (exact) mass is 312 g/mol. The molecule has 6 heteroatoms. The SMILES string of the molecule is Cc1ccc(O)c(C(=O)NCc2ncc3c(n2)CCN(C)C3)c1. The molecule has 3 rings (SSSR count). The zero-order valence-electron chi connectivity index (χ0n) is 13.3. The number of hydrogen-bond donors (Lipinski definition) is 2. The number of carbonyl (C=O) groups is 1. The molecule has 0 spiro atoms. The molecule has 120 valence electrons. The van der Waals surface area contributed by atoms with Gasteiger partial charge in [0.1, 0.15) is 11.6 Å². The van der Waals surface area contributed by atoms with Gasteiger partial charge in [-0.2, -0.15) is 0 Å². The number of amides is 1. The second-order valence-electron chi connectivity index (χ2n) is 5.95. The van der Waals surface area contributed by atoms with Crippen LogP contribution < -0.4 is 5.32 Å². The zero-order chi connectivity index (χ0) is 16.4.